The second kappa shape index (κ2) is 14.1. The molecule has 3 aromatic carbocycles. The van der Waals surface area contributed by atoms with E-state index in [4.69, 9.17) is 11.6 Å². The molecule has 7 nitrogen and oxygen atoms in total. The summed E-state index contributed by atoms with van der Waals surface area (Å²) in [5.41, 5.74) is 1.57. The number of amides is 2. The van der Waals surface area contributed by atoms with Crippen LogP contribution >= 0.6 is 11.6 Å². The quantitative estimate of drug-likeness (QED) is 0.298. The number of nitrogens with one attached hydrogen (secondary N) is 1. The largest absolute Gasteiger partial charge is 0.354 e. The molecule has 0 aliphatic carbocycles. The van der Waals surface area contributed by atoms with E-state index < -0.39 is 34.3 Å². The van der Waals surface area contributed by atoms with E-state index in [9.17, 15) is 22.4 Å². The van der Waals surface area contributed by atoms with Gasteiger partial charge in [-0.25, -0.2) is 12.8 Å². The summed E-state index contributed by atoms with van der Waals surface area (Å²) in [6.07, 6.45) is 2.83. The van der Waals surface area contributed by atoms with Crippen molar-refractivity contribution in [1.29, 1.82) is 0 Å². The number of sulfonamides is 1. The lowest BCUT2D eigenvalue weighted by Gasteiger charge is -2.33. The summed E-state index contributed by atoms with van der Waals surface area (Å²) in [6.45, 7) is 1.89. The van der Waals surface area contributed by atoms with E-state index in [1.165, 1.54) is 23.1 Å². The van der Waals surface area contributed by atoms with E-state index in [0.717, 1.165) is 35.0 Å². The van der Waals surface area contributed by atoms with Gasteiger partial charge in [0.15, 0.2) is 0 Å². The normalized spacial score (nSPS) is 12.0. The second-order valence-electron chi connectivity index (χ2n) is 9.25. The van der Waals surface area contributed by atoms with Crippen LogP contribution in [-0.2, 0) is 32.6 Å². The first-order valence-corrected chi connectivity index (χ1v) is 14.9. The molecule has 0 aliphatic rings. The maximum absolute atomic E-state index is 14.0. The summed E-state index contributed by atoms with van der Waals surface area (Å²) >= 11 is 6.05. The SMILES string of the molecule is CCCCNC(=O)[C@@H](Cc1ccccc1)N(Cc1ccc(Cl)cc1)C(=O)CN(c1cccc(F)c1)S(C)(=O)=O. The summed E-state index contributed by atoms with van der Waals surface area (Å²) in [5.74, 6) is -1.58. The molecule has 0 heterocycles. The van der Waals surface area contributed by atoms with Crippen LogP contribution in [0.1, 0.15) is 30.9 Å². The molecule has 208 valence electrons. The minimum atomic E-state index is -3.96. The molecule has 0 saturated carbocycles. The molecule has 2 amide bonds. The molecule has 0 aromatic heterocycles. The Hall–Kier alpha value is -3.43. The standard InChI is InChI=1S/C29H33ClFN3O4S/c1-3-4-17-32-29(36)27(18-22-9-6-5-7-10-22)33(20-23-13-15-24(30)16-14-23)28(35)21-34(39(2,37)38)26-12-8-11-25(31)19-26/h5-16,19,27H,3-4,17-18,20-21H2,1-2H3,(H,32,36)/t27-/m1/s1. The Labute approximate surface area is 234 Å². The molecule has 10 heteroatoms. The van der Waals surface area contributed by atoms with Crippen LogP contribution in [0.15, 0.2) is 78.9 Å². The summed E-state index contributed by atoms with van der Waals surface area (Å²) < 4.78 is 40.2. The first-order valence-electron chi connectivity index (χ1n) is 12.7. The van der Waals surface area contributed by atoms with Crippen molar-refractivity contribution in [2.75, 3.05) is 23.7 Å². The Bertz CT molecular complexity index is 1350. The summed E-state index contributed by atoms with van der Waals surface area (Å²) in [7, 11) is -3.96. The molecule has 0 aliphatic heterocycles. The molecular formula is C29H33ClFN3O4S. The van der Waals surface area contributed by atoms with Crippen molar-refractivity contribution >= 4 is 39.1 Å². The molecule has 3 aromatic rings. The van der Waals surface area contributed by atoms with Crippen molar-refractivity contribution in [3.63, 3.8) is 0 Å². The van der Waals surface area contributed by atoms with Gasteiger partial charge >= 0.3 is 0 Å². The van der Waals surface area contributed by atoms with Gasteiger partial charge in [0.05, 0.1) is 11.9 Å². The highest BCUT2D eigenvalue weighted by Crippen LogP contribution is 2.21. The summed E-state index contributed by atoms with van der Waals surface area (Å²) in [5, 5.41) is 3.44. The molecule has 39 heavy (non-hydrogen) atoms. The van der Waals surface area contributed by atoms with Crippen LogP contribution in [0.3, 0.4) is 0 Å². The predicted molar refractivity (Wildman–Crippen MR) is 152 cm³/mol. The Morgan fingerprint density at radius 3 is 2.28 bits per heavy atom. The highest BCUT2D eigenvalue weighted by molar-refractivity contribution is 7.92. The van der Waals surface area contributed by atoms with Crippen molar-refractivity contribution in [2.24, 2.45) is 0 Å². The monoisotopic (exact) mass is 573 g/mol. The third kappa shape index (κ3) is 9.07. The van der Waals surface area contributed by atoms with Gasteiger partial charge < -0.3 is 10.2 Å². The zero-order valence-electron chi connectivity index (χ0n) is 22.0. The fourth-order valence-electron chi connectivity index (χ4n) is 4.09. The number of halogens is 2. The summed E-state index contributed by atoms with van der Waals surface area (Å²) in [4.78, 5) is 28.8. The van der Waals surface area contributed by atoms with Crippen LogP contribution in [0.4, 0.5) is 10.1 Å². The fraction of sp³-hybridized carbons (Fsp3) is 0.310. The number of unbranched alkanes of at least 4 members (excludes halogenated alkanes) is 1. The molecule has 0 spiro atoms. The predicted octanol–water partition coefficient (Wildman–Crippen LogP) is 4.80. The first kappa shape index (κ1) is 30.1. The molecule has 0 fully saturated rings. The Kier molecular flexibility index (Phi) is 10.9. The number of carbonyl (C=O) groups excluding carboxylic acids is 2. The lowest BCUT2D eigenvalue weighted by Crippen LogP contribution is -2.53. The number of benzene rings is 3. The minimum absolute atomic E-state index is 0.0179. The molecule has 1 N–H and O–H groups in total. The lowest BCUT2D eigenvalue weighted by atomic mass is 10.0. The molecule has 3 rings (SSSR count). The van der Waals surface area contributed by atoms with Crippen LogP contribution in [-0.4, -0.2) is 50.5 Å². The number of carbonyl (C=O) groups is 2. The van der Waals surface area contributed by atoms with Crippen molar-refractivity contribution in [1.82, 2.24) is 10.2 Å². The Morgan fingerprint density at radius 2 is 1.67 bits per heavy atom. The van der Waals surface area contributed by atoms with Gasteiger partial charge in [0, 0.05) is 24.5 Å². The van der Waals surface area contributed by atoms with Crippen LogP contribution in [0, 0.1) is 5.82 Å². The number of anilines is 1. The Morgan fingerprint density at radius 1 is 0.974 bits per heavy atom. The van der Waals surface area contributed by atoms with E-state index >= 15 is 0 Å². The van der Waals surface area contributed by atoms with E-state index in [-0.39, 0.29) is 24.6 Å². The average Bonchev–Trinajstić information content (AvgIpc) is 2.90. The van der Waals surface area contributed by atoms with Crippen molar-refractivity contribution in [3.8, 4) is 0 Å². The van der Waals surface area contributed by atoms with Crippen molar-refractivity contribution in [3.05, 3.63) is 101 Å². The van der Waals surface area contributed by atoms with Gasteiger partial charge in [-0.1, -0.05) is 73.5 Å². The van der Waals surface area contributed by atoms with Gasteiger partial charge in [-0.05, 0) is 47.9 Å². The van der Waals surface area contributed by atoms with Gasteiger partial charge in [0.1, 0.15) is 18.4 Å². The van der Waals surface area contributed by atoms with Crippen molar-refractivity contribution in [2.45, 2.75) is 38.8 Å². The number of rotatable bonds is 13. The van der Waals surface area contributed by atoms with Gasteiger partial charge in [0.2, 0.25) is 21.8 Å². The first-order chi connectivity index (χ1) is 18.6. The third-order valence-electron chi connectivity index (χ3n) is 6.14. The van der Waals surface area contributed by atoms with Crippen molar-refractivity contribution < 1.29 is 22.4 Å². The number of hydrogen-bond donors (Lipinski definition) is 1. The molecule has 1 atom stereocenters. The topological polar surface area (TPSA) is 86.8 Å². The lowest BCUT2D eigenvalue weighted by molar-refractivity contribution is -0.140. The van der Waals surface area contributed by atoms with E-state index in [0.29, 0.717) is 17.1 Å². The fourth-order valence-corrected chi connectivity index (χ4v) is 5.06. The van der Waals surface area contributed by atoms with Crippen LogP contribution in [0.25, 0.3) is 0 Å². The molecule has 0 bridgehead atoms. The van der Waals surface area contributed by atoms with Crippen LogP contribution in [0.2, 0.25) is 5.02 Å². The molecule has 0 saturated heterocycles. The summed E-state index contributed by atoms with van der Waals surface area (Å²) in [6, 6.07) is 20.3. The van der Waals surface area contributed by atoms with Gasteiger partial charge in [0.25, 0.3) is 0 Å². The minimum Gasteiger partial charge on any atom is -0.354 e. The highest BCUT2D eigenvalue weighted by Gasteiger charge is 2.33. The van der Waals surface area contributed by atoms with E-state index in [1.54, 1.807) is 24.3 Å². The van der Waals surface area contributed by atoms with Gasteiger partial charge in [-0.3, -0.25) is 13.9 Å². The average molecular weight is 574 g/mol. The number of nitrogens with zero attached hydrogens (tertiary/aromatic N) is 2. The second-order valence-corrected chi connectivity index (χ2v) is 11.6. The number of hydrogen-bond acceptors (Lipinski definition) is 4. The maximum atomic E-state index is 14.0. The Balaban J connectivity index is 2.02. The highest BCUT2D eigenvalue weighted by atomic mass is 35.5. The zero-order chi connectivity index (χ0) is 28.4. The van der Waals surface area contributed by atoms with E-state index in [2.05, 4.69) is 5.32 Å². The van der Waals surface area contributed by atoms with Crippen LogP contribution in [0.5, 0.6) is 0 Å². The van der Waals surface area contributed by atoms with E-state index in [1.807, 2.05) is 37.3 Å². The van der Waals surface area contributed by atoms with Crippen LogP contribution < -0.4 is 9.62 Å². The van der Waals surface area contributed by atoms with Gasteiger partial charge in [-0.15, -0.1) is 0 Å². The molecule has 0 radical (unpaired) electrons. The zero-order valence-corrected chi connectivity index (χ0v) is 23.6. The maximum Gasteiger partial charge on any atom is 0.244 e. The third-order valence-corrected chi connectivity index (χ3v) is 7.53. The molecule has 0 unspecified atom stereocenters. The van der Waals surface area contributed by atoms with Gasteiger partial charge in [-0.2, -0.15) is 0 Å². The molecular weight excluding hydrogens is 541 g/mol. The smallest absolute Gasteiger partial charge is 0.244 e.